The maximum atomic E-state index is 12.7. The normalized spacial score (nSPS) is 16.8. The first-order chi connectivity index (χ1) is 10.8. The van der Waals surface area contributed by atoms with Crippen LogP contribution in [-0.4, -0.2) is 24.2 Å². The summed E-state index contributed by atoms with van der Waals surface area (Å²) < 4.78 is 80.5. The molecule has 1 heterocycles. The molecule has 24 heavy (non-hydrogen) atoms. The predicted octanol–water partition coefficient (Wildman–Crippen LogP) is 3.94. The Morgan fingerprint density at radius 2 is 1.79 bits per heavy atom. The second-order valence-corrected chi connectivity index (χ2v) is 5.71. The Balaban J connectivity index is 2.31. The first-order valence-electron chi connectivity index (χ1n) is 6.77. The van der Waals surface area contributed by atoms with Crippen LogP contribution in [0.3, 0.4) is 0 Å². The van der Waals surface area contributed by atoms with Crippen molar-refractivity contribution in [2.45, 2.75) is 31.8 Å². The summed E-state index contributed by atoms with van der Waals surface area (Å²) in [6.07, 6.45) is -8.30. The number of benzene rings is 1. The number of amides is 1. The average Bonchev–Trinajstić information content (AvgIpc) is 2.41. The first kappa shape index (κ1) is 18.2. The van der Waals surface area contributed by atoms with Crippen LogP contribution >= 0.6 is 0 Å². The van der Waals surface area contributed by atoms with Crippen LogP contribution in [0.1, 0.15) is 25.0 Å². The molecule has 0 saturated carbocycles. The third-order valence-corrected chi connectivity index (χ3v) is 3.50. The van der Waals surface area contributed by atoms with Crippen molar-refractivity contribution in [3.8, 4) is 5.75 Å². The number of hydrogen-bond donors (Lipinski definition) is 1. The Bertz CT molecular complexity index is 688. The van der Waals surface area contributed by atoms with Crippen molar-refractivity contribution in [3.05, 3.63) is 34.9 Å². The van der Waals surface area contributed by atoms with Crippen molar-refractivity contribution >= 4 is 12.0 Å². The van der Waals surface area contributed by atoms with Crippen molar-refractivity contribution in [1.29, 1.82) is 0 Å². The molecule has 1 amide bonds. The summed E-state index contributed by atoms with van der Waals surface area (Å²) in [5.41, 5.74) is -1.68. The minimum atomic E-state index is -5.04. The molecule has 1 aliphatic heterocycles. The van der Waals surface area contributed by atoms with Gasteiger partial charge < -0.3 is 10.1 Å². The van der Waals surface area contributed by atoms with E-state index in [9.17, 15) is 31.1 Å². The summed E-state index contributed by atoms with van der Waals surface area (Å²) in [6.45, 7) is 2.58. The first-order valence-corrected chi connectivity index (χ1v) is 6.77. The van der Waals surface area contributed by atoms with Crippen molar-refractivity contribution in [2.75, 3.05) is 6.54 Å². The number of ether oxygens (including phenoxy) is 1. The highest BCUT2D eigenvalue weighted by Crippen LogP contribution is 2.39. The average molecular weight is 353 g/mol. The molecule has 0 saturated heterocycles. The highest BCUT2D eigenvalue weighted by molar-refractivity contribution is 5.82. The fourth-order valence-corrected chi connectivity index (χ4v) is 2.17. The topological polar surface area (TPSA) is 38.3 Å². The summed E-state index contributed by atoms with van der Waals surface area (Å²) in [5, 5.41) is 1.69. The summed E-state index contributed by atoms with van der Waals surface area (Å²) in [6, 6.07) is 2.86. The molecule has 9 heteroatoms. The molecule has 0 aliphatic carbocycles. The molecule has 0 bridgehead atoms. The van der Waals surface area contributed by atoms with Crippen LogP contribution < -0.4 is 10.1 Å². The Morgan fingerprint density at radius 3 is 2.33 bits per heavy atom. The summed E-state index contributed by atoms with van der Waals surface area (Å²) >= 11 is 0. The van der Waals surface area contributed by atoms with Crippen molar-refractivity contribution in [1.82, 2.24) is 5.32 Å². The third-order valence-electron chi connectivity index (χ3n) is 3.50. The standard InChI is InChI=1S/C15H13F6NO2/c1-13(2)10(7-22-12(23)15(19,20)21)6-8-5-9(14(16,17)18)3-4-11(8)24-13/h3-6H,7H2,1-2H3,(H,22,23). The van der Waals surface area contributed by atoms with E-state index in [1.807, 2.05) is 0 Å². The monoisotopic (exact) mass is 353 g/mol. The number of fused-ring (bicyclic) bond motifs is 1. The van der Waals surface area contributed by atoms with Gasteiger partial charge in [-0.2, -0.15) is 26.3 Å². The molecular formula is C15H13F6NO2. The summed E-state index contributed by atoms with van der Waals surface area (Å²) in [7, 11) is 0. The molecule has 0 fully saturated rings. The van der Waals surface area contributed by atoms with E-state index in [1.165, 1.54) is 6.08 Å². The molecular weight excluding hydrogens is 340 g/mol. The van der Waals surface area contributed by atoms with Crippen molar-refractivity contribution in [3.63, 3.8) is 0 Å². The smallest absolute Gasteiger partial charge is 0.471 e. The molecule has 0 spiro atoms. The van der Waals surface area contributed by atoms with Gasteiger partial charge in [-0.3, -0.25) is 4.79 Å². The minimum Gasteiger partial charge on any atom is -0.483 e. The van der Waals surface area contributed by atoms with E-state index in [4.69, 9.17) is 4.74 Å². The zero-order valence-electron chi connectivity index (χ0n) is 12.6. The lowest BCUT2D eigenvalue weighted by Gasteiger charge is -2.34. The van der Waals surface area contributed by atoms with E-state index in [-0.39, 0.29) is 16.9 Å². The highest BCUT2D eigenvalue weighted by Gasteiger charge is 2.40. The predicted molar refractivity (Wildman–Crippen MR) is 73.2 cm³/mol. The van der Waals surface area contributed by atoms with Crippen LogP contribution in [0.4, 0.5) is 26.3 Å². The van der Waals surface area contributed by atoms with Crippen LogP contribution in [0.15, 0.2) is 23.8 Å². The molecule has 0 unspecified atom stereocenters. The van der Waals surface area contributed by atoms with E-state index in [1.54, 1.807) is 19.2 Å². The van der Waals surface area contributed by atoms with Crippen LogP contribution in [0.5, 0.6) is 5.75 Å². The molecule has 0 radical (unpaired) electrons. The molecule has 2 rings (SSSR count). The third kappa shape index (κ3) is 3.82. The van der Waals surface area contributed by atoms with Crippen LogP contribution in [0.25, 0.3) is 6.08 Å². The number of hydrogen-bond acceptors (Lipinski definition) is 2. The van der Waals surface area contributed by atoms with Gasteiger partial charge in [0.1, 0.15) is 11.4 Å². The fourth-order valence-electron chi connectivity index (χ4n) is 2.17. The maximum Gasteiger partial charge on any atom is 0.471 e. The number of rotatable bonds is 2. The number of nitrogens with one attached hydrogen (secondary N) is 1. The number of carbonyl (C=O) groups is 1. The van der Waals surface area contributed by atoms with Crippen LogP contribution in [-0.2, 0) is 11.0 Å². The van der Waals surface area contributed by atoms with Gasteiger partial charge in [0.05, 0.1) is 5.56 Å². The fraction of sp³-hybridized carbons (Fsp3) is 0.400. The molecule has 0 atom stereocenters. The van der Waals surface area contributed by atoms with E-state index in [0.717, 1.165) is 18.2 Å². The van der Waals surface area contributed by atoms with Gasteiger partial charge in [-0.25, -0.2) is 0 Å². The quantitative estimate of drug-likeness (QED) is 0.818. The maximum absolute atomic E-state index is 12.7. The lowest BCUT2D eigenvalue weighted by atomic mass is 9.91. The molecule has 1 N–H and O–H groups in total. The van der Waals surface area contributed by atoms with Gasteiger partial charge >= 0.3 is 18.3 Å². The van der Waals surface area contributed by atoms with E-state index < -0.39 is 36.0 Å². The summed E-state index contributed by atoms with van der Waals surface area (Å²) in [5.74, 6) is -1.95. The molecule has 1 aliphatic rings. The number of halogens is 6. The van der Waals surface area contributed by atoms with Gasteiger partial charge in [-0.05, 0) is 43.7 Å². The SMILES string of the molecule is CC1(C)Oc2ccc(C(F)(F)F)cc2C=C1CNC(=O)C(F)(F)F. The van der Waals surface area contributed by atoms with Gasteiger partial charge in [0.25, 0.3) is 0 Å². The van der Waals surface area contributed by atoms with Crippen molar-refractivity contribution in [2.24, 2.45) is 0 Å². The van der Waals surface area contributed by atoms with Crippen molar-refractivity contribution < 1.29 is 35.9 Å². The Hall–Kier alpha value is -2.19. The van der Waals surface area contributed by atoms with E-state index in [2.05, 4.69) is 0 Å². The molecule has 132 valence electrons. The lowest BCUT2D eigenvalue weighted by molar-refractivity contribution is -0.173. The van der Waals surface area contributed by atoms with Crippen LogP contribution in [0.2, 0.25) is 0 Å². The number of carbonyl (C=O) groups excluding carboxylic acids is 1. The van der Waals surface area contributed by atoms with Gasteiger partial charge in [-0.15, -0.1) is 0 Å². The Morgan fingerprint density at radius 1 is 1.17 bits per heavy atom. The summed E-state index contributed by atoms with van der Waals surface area (Å²) in [4.78, 5) is 10.9. The van der Waals surface area contributed by atoms with Gasteiger partial charge in [-0.1, -0.05) is 0 Å². The Labute approximate surface area is 133 Å². The number of alkyl halides is 6. The van der Waals surface area contributed by atoms with Gasteiger partial charge in [0.2, 0.25) is 0 Å². The zero-order chi connectivity index (χ0) is 18.3. The molecule has 0 aromatic heterocycles. The minimum absolute atomic E-state index is 0.0837. The van der Waals surface area contributed by atoms with E-state index >= 15 is 0 Å². The lowest BCUT2D eigenvalue weighted by Crippen LogP contribution is -2.43. The van der Waals surface area contributed by atoms with Crippen LogP contribution in [0, 0.1) is 0 Å². The zero-order valence-corrected chi connectivity index (χ0v) is 12.6. The highest BCUT2D eigenvalue weighted by atomic mass is 19.4. The van der Waals surface area contributed by atoms with E-state index in [0.29, 0.717) is 0 Å². The van der Waals surface area contributed by atoms with Gasteiger partial charge in [0, 0.05) is 12.1 Å². The largest absolute Gasteiger partial charge is 0.483 e. The molecule has 1 aromatic rings. The molecule has 1 aromatic carbocycles. The Kier molecular flexibility index (Phi) is 4.32. The molecule has 3 nitrogen and oxygen atoms in total. The second kappa shape index (κ2) is 5.71. The second-order valence-electron chi connectivity index (χ2n) is 5.71. The van der Waals surface area contributed by atoms with Gasteiger partial charge in [0.15, 0.2) is 0 Å².